The van der Waals surface area contributed by atoms with Crippen molar-refractivity contribution in [3.05, 3.63) is 0 Å². The van der Waals surface area contributed by atoms with E-state index in [1.54, 1.807) is 0 Å². The fraction of sp³-hybridized carbons (Fsp3) is 1.00. The van der Waals surface area contributed by atoms with Crippen LogP contribution in [0.3, 0.4) is 0 Å². The van der Waals surface area contributed by atoms with Crippen molar-refractivity contribution in [1.82, 2.24) is 14.3 Å². The van der Waals surface area contributed by atoms with E-state index in [4.69, 9.17) is 0 Å². The van der Waals surface area contributed by atoms with Crippen molar-refractivity contribution in [2.24, 2.45) is 5.92 Å². The van der Waals surface area contributed by atoms with Crippen LogP contribution in [0.4, 0.5) is 0 Å². The maximum absolute atomic E-state index is 11.9. The fourth-order valence-corrected chi connectivity index (χ4v) is 3.37. The van der Waals surface area contributed by atoms with Crippen LogP contribution in [0.1, 0.15) is 25.7 Å². The lowest BCUT2D eigenvalue weighted by Crippen LogP contribution is -2.50. The lowest BCUT2D eigenvalue weighted by molar-refractivity contribution is 0.295. The SMILES string of the molecule is O=S(=O)(NCCC1CCC1)N1CCNCC1. The molecular weight excluding hydrogens is 226 g/mol. The Hall–Kier alpha value is -0.170. The molecule has 0 amide bonds. The average molecular weight is 247 g/mol. The third-order valence-electron chi connectivity index (χ3n) is 3.48. The topological polar surface area (TPSA) is 61.4 Å². The van der Waals surface area contributed by atoms with Gasteiger partial charge in [0.1, 0.15) is 0 Å². The van der Waals surface area contributed by atoms with E-state index in [0.717, 1.165) is 25.4 Å². The molecule has 0 bridgehead atoms. The third-order valence-corrected chi connectivity index (χ3v) is 5.09. The number of nitrogens with zero attached hydrogens (tertiary/aromatic N) is 1. The summed E-state index contributed by atoms with van der Waals surface area (Å²) in [4.78, 5) is 0. The Morgan fingerprint density at radius 3 is 2.50 bits per heavy atom. The summed E-state index contributed by atoms with van der Waals surface area (Å²) in [5.74, 6) is 0.755. The second-order valence-corrected chi connectivity index (χ2v) is 6.39. The lowest BCUT2D eigenvalue weighted by Gasteiger charge is -2.28. The minimum atomic E-state index is -3.22. The zero-order valence-electron chi connectivity index (χ0n) is 9.61. The maximum Gasteiger partial charge on any atom is 0.279 e. The summed E-state index contributed by atoms with van der Waals surface area (Å²) in [5.41, 5.74) is 0. The highest BCUT2D eigenvalue weighted by molar-refractivity contribution is 7.87. The molecule has 2 N–H and O–H groups in total. The highest BCUT2D eigenvalue weighted by Crippen LogP contribution is 2.28. The molecule has 94 valence electrons. The van der Waals surface area contributed by atoms with Gasteiger partial charge in [-0.05, 0) is 12.3 Å². The van der Waals surface area contributed by atoms with Crippen LogP contribution in [0.5, 0.6) is 0 Å². The van der Waals surface area contributed by atoms with E-state index in [1.165, 1.54) is 23.6 Å². The normalized spacial score (nSPS) is 24.2. The third kappa shape index (κ3) is 3.16. The van der Waals surface area contributed by atoms with Crippen LogP contribution in [0, 0.1) is 5.92 Å². The quantitative estimate of drug-likeness (QED) is 0.714. The molecule has 0 radical (unpaired) electrons. The van der Waals surface area contributed by atoms with E-state index < -0.39 is 10.2 Å². The molecule has 2 aliphatic rings. The molecule has 0 aromatic rings. The van der Waals surface area contributed by atoms with E-state index in [9.17, 15) is 8.42 Å². The van der Waals surface area contributed by atoms with Gasteiger partial charge in [-0.3, -0.25) is 0 Å². The van der Waals surface area contributed by atoms with Gasteiger partial charge in [-0.15, -0.1) is 0 Å². The van der Waals surface area contributed by atoms with E-state index in [-0.39, 0.29) is 0 Å². The zero-order chi connectivity index (χ0) is 11.4. The standard InChI is InChI=1S/C10H21N3O2S/c14-16(15,13-8-6-11-7-9-13)12-5-4-10-2-1-3-10/h10-12H,1-9H2. The predicted molar refractivity (Wildman–Crippen MR) is 63.3 cm³/mol. The van der Waals surface area contributed by atoms with Crippen LogP contribution in [-0.2, 0) is 10.2 Å². The van der Waals surface area contributed by atoms with Crippen molar-refractivity contribution >= 4 is 10.2 Å². The molecule has 0 aromatic heterocycles. The zero-order valence-corrected chi connectivity index (χ0v) is 10.4. The van der Waals surface area contributed by atoms with Crippen LogP contribution in [0.15, 0.2) is 0 Å². The number of hydrogen-bond acceptors (Lipinski definition) is 3. The molecular formula is C10H21N3O2S. The molecule has 6 heteroatoms. The van der Waals surface area contributed by atoms with Gasteiger partial charge in [0.2, 0.25) is 0 Å². The molecule has 0 unspecified atom stereocenters. The second-order valence-electron chi connectivity index (χ2n) is 4.63. The summed E-state index contributed by atoms with van der Waals surface area (Å²) in [6.07, 6.45) is 4.85. The molecule has 1 saturated carbocycles. The number of hydrogen-bond donors (Lipinski definition) is 2. The van der Waals surface area contributed by atoms with Crippen molar-refractivity contribution in [2.45, 2.75) is 25.7 Å². The molecule has 0 spiro atoms. The van der Waals surface area contributed by atoms with Crippen LogP contribution in [-0.4, -0.2) is 45.4 Å². The predicted octanol–water partition coefficient (Wildman–Crippen LogP) is -0.0838. The molecule has 1 aliphatic carbocycles. The molecule has 0 aromatic carbocycles. The number of piperazine rings is 1. The Balaban J connectivity index is 1.72. The molecule has 2 rings (SSSR count). The summed E-state index contributed by atoms with van der Waals surface area (Å²) in [6, 6.07) is 0. The Morgan fingerprint density at radius 2 is 1.94 bits per heavy atom. The van der Waals surface area contributed by atoms with Crippen molar-refractivity contribution in [1.29, 1.82) is 0 Å². The molecule has 1 heterocycles. The van der Waals surface area contributed by atoms with Crippen molar-refractivity contribution in [2.75, 3.05) is 32.7 Å². The van der Waals surface area contributed by atoms with E-state index in [1.807, 2.05) is 0 Å². The van der Waals surface area contributed by atoms with Crippen LogP contribution >= 0.6 is 0 Å². The van der Waals surface area contributed by atoms with Crippen LogP contribution in [0.25, 0.3) is 0 Å². The van der Waals surface area contributed by atoms with Gasteiger partial charge in [0, 0.05) is 32.7 Å². The van der Waals surface area contributed by atoms with Gasteiger partial charge >= 0.3 is 0 Å². The Kier molecular flexibility index (Phi) is 4.18. The first-order chi connectivity index (χ1) is 7.68. The van der Waals surface area contributed by atoms with E-state index >= 15 is 0 Å². The summed E-state index contributed by atoms with van der Waals surface area (Å²) in [6.45, 7) is 3.27. The van der Waals surface area contributed by atoms with Gasteiger partial charge in [0.25, 0.3) is 10.2 Å². The highest BCUT2D eigenvalue weighted by Gasteiger charge is 2.24. The molecule has 16 heavy (non-hydrogen) atoms. The molecule has 2 fully saturated rings. The average Bonchev–Trinajstić information content (AvgIpc) is 2.23. The smallest absolute Gasteiger partial charge is 0.279 e. The first kappa shape index (κ1) is 12.3. The maximum atomic E-state index is 11.9. The minimum Gasteiger partial charge on any atom is -0.314 e. The summed E-state index contributed by atoms with van der Waals surface area (Å²) in [7, 11) is -3.22. The van der Waals surface area contributed by atoms with Gasteiger partial charge in [-0.25, -0.2) is 4.72 Å². The Labute approximate surface area is 97.8 Å². The van der Waals surface area contributed by atoms with Crippen LogP contribution in [0.2, 0.25) is 0 Å². The molecule has 0 atom stereocenters. The van der Waals surface area contributed by atoms with Gasteiger partial charge in [0.15, 0.2) is 0 Å². The highest BCUT2D eigenvalue weighted by atomic mass is 32.2. The molecule has 5 nitrogen and oxygen atoms in total. The van der Waals surface area contributed by atoms with Gasteiger partial charge < -0.3 is 5.32 Å². The molecule has 1 saturated heterocycles. The minimum absolute atomic E-state index is 0.582. The summed E-state index contributed by atoms with van der Waals surface area (Å²) < 4.78 is 28.0. The Bertz CT molecular complexity index is 308. The first-order valence-corrected chi connectivity index (χ1v) is 7.58. The second kappa shape index (κ2) is 5.44. The van der Waals surface area contributed by atoms with Crippen molar-refractivity contribution in [3.63, 3.8) is 0 Å². The van der Waals surface area contributed by atoms with Gasteiger partial charge in [0.05, 0.1) is 0 Å². The summed E-state index contributed by atoms with van der Waals surface area (Å²) >= 11 is 0. The first-order valence-electron chi connectivity index (χ1n) is 6.14. The number of rotatable bonds is 5. The molecule has 1 aliphatic heterocycles. The monoisotopic (exact) mass is 247 g/mol. The van der Waals surface area contributed by atoms with Crippen molar-refractivity contribution < 1.29 is 8.42 Å². The largest absolute Gasteiger partial charge is 0.314 e. The lowest BCUT2D eigenvalue weighted by atomic mass is 9.83. The van der Waals surface area contributed by atoms with E-state index in [0.29, 0.717) is 19.6 Å². The van der Waals surface area contributed by atoms with E-state index in [2.05, 4.69) is 10.0 Å². The van der Waals surface area contributed by atoms with Crippen molar-refractivity contribution in [3.8, 4) is 0 Å². The van der Waals surface area contributed by atoms with Gasteiger partial charge in [-0.2, -0.15) is 12.7 Å². The van der Waals surface area contributed by atoms with Gasteiger partial charge in [-0.1, -0.05) is 19.3 Å². The Morgan fingerprint density at radius 1 is 1.25 bits per heavy atom. The number of nitrogens with one attached hydrogen (secondary N) is 2. The van der Waals surface area contributed by atoms with Crippen LogP contribution < -0.4 is 10.0 Å². The summed E-state index contributed by atoms with van der Waals surface area (Å²) in [5, 5.41) is 3.15. The fourth-order valence-electron chi connectivity index (χ4n) is 2.15.